The second-order valence-electron chi connectivity index (χ2n) is 4.61. The van der Waals surface area contributed by atoms with Crippen LogP contribution in [0.1, 0.15) is 15.9 Å². The molecule has 1 heterocycles. The number of aryl methyl sites for hydroxylation is 1. The monoisotopic (exact) mass is 329 g/mol. The summed E-state index contributed by atoms with van der Waals surface area (Å²) in [5, 5.41) is 10.7. The molecule has 0 unspecified atom stereocenters. The first-order valence-electron chi connectivity index (χ1n) is 6.14. The van der Waals surface area contributed by atoms with E-state index < -0.39 is 0 Å². The maximum Gasteiger partial charge on any atom is 0.255 e. The average molecular weight is 330 g/mol. The van der Waals surface area contributed by atoms with Crippen LogP contribution in [0.3, 0.4) is 0 Å². The number of carbonyl (C=O) groups excluding carboxylic acids is 1. The number of anilines is 1. The van der Waals surface area contributed by atoms with Gasteiger partial charge in [0, 0.05) is 15.4 Å². The van der Waals surface area contributed by atoms with Gasteiger partial charge in [-0.1, -0.05) is 12.1 Å². The van der Waals surface area contributed by atoms with E-state index in [1.165, 1.54) is 0 Å². The van der Waals surface area contributed by atoms with E-state index in [0.717, 1.165) is 26.6 Å². The molecule has 2 N–H and O–H groups in total. The molecular formula is C15H12BrN3O. The van der Waals surface area contributed by atoms with Gasteiger partial charge in [0.05, 0.1) is 17.4 Å². The van der Waals surface area contributed by atoms with Gasteiger partial charge in [0.1, 0.15) is 0 Å². The second kappa shape index (κ2) is 5.09. The van der Waals surface area contributed by atoms with Crippen LogP contribution in [0.15, 0.2) is 47.1 Å². The van der Waals surface area contributed by atoms with E-state index >= 15 is 0 Å². The molecule has 0 spiro atoms. The Balaban J connectivity index is 1.88. The summed E-state index contributed by atoms with van der Waals surface area (Å²) < 4.78 is 0.869. The molecule has 0 saturated heterocycles. The molecule has 0 aliphatic carbocycles. The minimum Gasteiger partial charge on any atom is -0.321 e. The normalized spacial score (nSPS) is 10.7. The Labute approximate surface area is 124 Å². The lowest BCUT2D eigenvalue weighted by atomic mass is 10.1. The van der Waals surface area contributed by atoms with E-state index in [1.54, 1.807) is 18.3 Å². The minimum absolute atomic E-state index is 0.147. The summed E-state index contributed by atoms with van der Waals surface area (Å²) in [6.07, 6.45) is 1.73. The Hall–Kier alpha value is -2.14. The molecule has 5 heteroatoms. The molecule has 0 saturated carbocycles. The third kappa shape index (κ3) is 2.44. The molecule has 3 rings (SSSR count). The van der Waals surface area contributed by atoms with Crippen molar-refractivity contribution in [2.75, 3.05) is 5.32 Å². The highest BCUT2D eigenvalue weighted by atomic mass is 79.9. The molecule has 100 valence electrons. The molecule has 0 fully saturated rings. The summed E-state index contributed by atoms with van der Waals surface area (Å²) in [5.41, 5.74) is 3.33. The van der Waals surface area contributed by atoms with E-state index in [2.05, 4.69) is 31.4 Å². The van der Waals surface area contributed by atoms with Crippen molar-refractivity contribution in [3.8, 4) is 0 Å². The van der Waals surface area contributed by atoms with Gasteiger partial charge in [-0.2, -0.15) is 5.10 Å². The smallest absolute Gasteiger partial charge is 0.255 e. The number of halogens is 1. The Bertz CT molecular complexity index is 795. The number of hydrogen-bond donors (Lipinski definition) is 2. The van der Waals surface area contributed by atoms with E-state index in [9.17, 15) is 4.79 Å². The molecule has 1 aromatic heterocycles. The largest absolute Gasteiger partial charge is 0.321 e. The van der Waals surface area contributed by atoms with Crippen molar-refractivity contribution in [2.45, 2.75) is 6.92 Å². The van der Waals surface area contributed by atoms with Crippen LogP contribution in [0.25, 0.3) is 10.9 Å². The van der Waals surface area contributed by atoms with Gasteiger partial charge < -0.3 is 5.32 Å². The molecule has 1 amide bonds. The van der Waals surface area contributed by atoms with Crippen molar-refractivity contribution in [1.29, 1.82) is 0 Å². The number of benzene rings is 2. The van der Waals surface area contributed by atoms with Gasteiger partial charge in [-0.15, -0.1) is 0 Å². The molecule has 4 nitrogen and oxygen atoms in total. The zero-order valence-electron chi connectivity index (χ0n) is 10.8. The predicted molar refractivity (Wildman–Crippen MR) is 82.9 cm³/mol. The Morgan fingerprint density at radius 3 is 2.90 bits per heavy atom. The van der Waals surface area contributed by atoms with Crippen molar-refractivity contribution in [2.24, 2.45) is 0 Å². The van der Waals surface area contributed by atoms with Gasteiger partial charge in [0.2, 0.25) is 0 Å². The van der Waals surface area contributed by atoms with Crippen molar-refractivity contribution in [1.82, 2.24) is 10.2 Å². The molecule has 2 aromatic carbocycles. The lowest BCUT2D eigenvalue weighted by Crippen LogP contribution is -2.12. The Kier molecular flexibility index (Phi) is 3.28. The zero-order valence-corrected chi connectivity index (χ0v) is 12.4. The number of amides is 1. The van der Waals surface area contributed by atoms with Gasteiger partial charge in [-0.25, -0.2) is 0 Å². The zero-order chi connectivity index (χ0) is 14.1. The van der Waals surface area contributed by atoms with E-state index in [1.807, 2.05) is 31.2 Å². The second-order valence-corrected chi connectivity index (χ2v) is 5.46. The van der Waals surface area contributed by atoms with Crippen LogP contribution in [-0.2, 0) is 0 Å². The first-order chi connectivity index (χ1) is 9.63. The summed E-state index contributed by atoms with van der Waals surface area (Å²) in [6, 6.07) is 11.3. The van der Waals surface area contributed by atoms with Crippen molar-refractivity contribution in [3.63, 3.8) is 0 Å². The van der Waals surface area contributed by atoms with Crippen LogP contribution < -0.4 is 5.32 Å². The molecule has 0 atom stereocenters. The highest BCUT2D eigenvalue weighted by Crippen LogP contribution is 2.24. The topological polar surface area (TPSA) is 57.8 Å². The third-order valence-electron chi connectivity index (χ3n) is 3.08. The van der Waals surface area contributed by atoms with Crippen LogP contribution in [0, 0.1) is 6.92 Å². The van der Waals surface area contributed by atoms with Crippen LogP contribution >= 0.6 is 15.9 Å². The number of nitrogens with zero attached hydrogens (tertiary/aromatic N) is 1. The quantitative estimate of drug-likeness (QED) is 0.749. The minimum atomic E-state index is -0.147. The van der Waals surface area contributed by atoms with E-state index in [4.69, 9.17) is 0 Å². The number of H-pyrrole nitrogens is 1. The van der Waals surface area contributed by atoms with Crippen LogP contribution in [0.4, 0.5) is 5.69 Å². The van der Waals surface area contributed by atoms with Crippen LogP contribution in [-0.4, -0.2) is 16.1 Å². The molecule has 0 aliphatic heterocycles. The maximum absolute atomic E-state index is 12.3. The Morgan fingerprint density at radius 2 is 2.10 bits per heavy atom. The SMILES string of the molecule is Cc1ccc(NC(=O)c2ccc3cn[nH]c3c2)c(Br)c1. The first-order valence-corrected chi connectivity index (χ1v) is 6.93. The molecule has 3 aromatic rings. The van der Waals surface area contributed by atoms with Crippen LogP contribution in [0.5, 0.6) is 0 Å². The maximum atomic E-state index is 12.3. The molecule has 20 heavy (non-hydrogen) atoms. The molecule has 0 aliphatic rings. The number of aromatic amines is 1. The van der Waals surface area contributed by atoms with Gasteiger partial charge in [0.15, 0.2) is 0 Å². The lowest BCUT2D eigenvalue weighted by molar-refractivity contribution is 0.102. The first kappa shape index (κ1) is 12.9. The standard InChI is InChI=1S/C15H12BrN3O/c1-9-2-5-13(12(16)6-9)18-15(20)10-3-4-11-8-17-19-14(11)7-10/h2-8H,1H3,(H,17,19)(H,18,20). The van der Waals surface area contributed by atoms with Crippen molar-refractivity contribution in [3.05, 3.63) is 58.2 Å². The number of nitrogens with one attached hydrogen (secondary N) is 2. The summed E-state index contributed by atoms with van der Waals surface area (Å²) in [4.78, 5) is 12.3. The number of hydrogen-bond acceptors (Lipinski definition) is 2. The molecule has 0 radical (unpaired) electrons. The van der Waals surface area contributed by atoms with Gasteiger partial charge >= 0.3 is 0 Å². The van der Waals surface area contributed by atoms with Crippen molar-refractivity contribution < 1.29 is 4.79 Å². The molecule has 0 bridgehead atoms. The lowest BCUT2D eigenvalue weighted by Gasteiger charge is -2.08. The van der Waals surface area contributed by atoms with Crippen molar-refractivity contribution >= 4 is 38.4 Å². The summed E-state index contributed by atoms with van der Waals surface area (Å²) >= 11 is 3.45. The average Bonchev–Trinajstić information content (AvgIpc) is 2.89. The summed E-state index contributed by atoms with van der Waals surface area (Å²) in [7, 11) is 0. The van der Waals surface area contributed by atoms with Gasteiger partial charge in [-0.3, -0.25) is 9.89 Å². The fourth-order valence-electron chi connectivity index (χ4n) is 1.99. The highest BCUT2D eigenvalue weighted by Gasteiger charge is 2.09. The number of carbonyl (C=O) groups is 1. The third-order valence-corrected chi connectivity index (χ3v) is 3.73. The predicted octanol–water partition coefficient (Wildman–Crippen LogP) is 3.89. The number of rotatable bonds is 2. The fraction of sp³-hybridized carbons (Fsp3) is 0.0667. The molecular weight excluding hydrogens is 318 g/mol. The summed E-state index contributed by atoms with van der Waals surface area (Å²) in [5.74, 6) is -0.147. The van der Waals surface area contributed by atoms with Crippen LogP contribution in [0.2, 0.25) is 0 Å². The van der Waals surface area contributed by atoms with E-state index in [0.29, 0.717) is 5.56 Å². The Morgan fingerprint density at radius 1 is 1.25 bits per heavy atom. The number of aromatic nitrogens is 2. The van der Waals surface area contributed by atoms with E-state index in [-0.39, 0.29) is 5.91 Å². The van der Waals surface area contributed by atoms with Gasteiger partial charge in [0.25, 0.3) is 5.91 Å². The highest BCUT2D eigenvalue weighted by molar-refractivity contribution is 9.10. The fourth-order valence-corrected chi connectivity index (χ4v) is 2.59. The number of fused-ring (bicyclic) bond motifs is 1. The van der Waals surface area contributed by atoms with Gasteiger partial charge in [-0.05, 0) is 52.7 Å². The summed E-state index contributed by atoms with van der Waals surface area (Å²) in [6.45, 7) is 2.00.